The molecule has 110 valence electrons. The number of carbonyl (C=O) groups is 1. The molecule has 0 radical (unpaired) electrons. The molecule has 0 heterocycles. The van der Waals surface area contributed by atoms with Crippen molar-refractivity contribution in [3.8, 4) is 0 Å². The molecule has 1 amide bonds. The van der Waals surface area contributed by atoms with Gasteiger partial charge in [0.25, 0.3) is 0 Å². The molecule has 1 unspecified atom stereocenters. The first-order valence-corrected chi connectivity index (χ1v) is 7.75. The predicted octanol–water partition coefficient (Wildman–Crippen LogP) is 3.07. The Morgan fingerprint density at radius 3 is 1.89 bits per heavy atom. The number of hydrogen-bond acceptors (Lipinski definition) is 2. The second-order valence-corrected chi connectivity index (χ2v) is 5.16. The molecule has 0 aliphatic heterocycles. The second kappa shape index (κ2) is 16.5. The van der Waals surface area contributed by atoms with Crippen molar-refractivity contribution in [2.45, 2.75) is 90.6 Å². The van der Waals surface area contributed by atoms with Crippen molar-refractivity contribution in [3.63, 3.8) is 0 Å². The maximum absolute atomic E-state index is 11.4. The van der Waals surface area contributed by atoms with Crippen molar-refractivity contribution in [2.75, 3.05) is 0 Å². The van der Waals surface area contributed by atoms with Crippen LogP contribution in [-0.2, 0) is 4.79 Å². The SMILES string of the molecule is CCCCCCCCCCCC(=O)NC(N)CC.[NaH]. The number of nitrogens with two attached hydrogens (primary N) is 1. The van der Waals surface area contributed by atoms with Gasteiger partial charge >= 0.3 is 29.6 Å². The number of unbranched alkanes of at least 4 members (excludes halogenated alkanes) is 8. The molecule has 0 saturated carbocycles. The summed E-state index contributed by atoms with van der Waals surface area (Å²) in [7, 11) is 0. The summed E-state index contributed by atoms with van der Waals surface area (Å²) in [6.45, 7) is 4.22. The average Bonchev–Trinajstić information content (AvgIpc) is 2.36. The van der Waals surface area contributed by atoms with Crippen LogP contribution in [0.15, 0.2) is 0 Å². The van der Waals surface area contributed by atoms with E-state index in [0.717, 1.165) is 12.8 Å². The van der Waals surface area contributed by atoms with Crippen molar-refractivity contribution in [1.82, 2.24) is 5.32 Å². The van der Waals surface area contributed by atoms with Gasteiger partial charge in [-0.25, -0.2) is 0 Å². The van der Waals surface area contributed by atoms with E-state index < -0.39 is 0 Å². The van der Waals surface area contributed by atoms with Crippen molar-refractivity contribution < 1.29 is 4.79 Å². The van der Waals surface area contributed by atoms with Crippen LogP contribution in [0.3, 0.4) is 0 Å². The number of carbonyl (C=O) groups excluding carboxylic acids is 1. The third-order valence-corrected chi connectivity index (χ3v) is 3.29. The van der Waals surface area contributed by atoms with Crippen molar-refractivity contribution in [3.05, 3.63) is 0 Å². The summed E-state index contributed by atoms with van der Waals surface area (Å²) in [5, 5.41) is 2.79. The zero-order chi connectivity index (χ0) is 13.6. The summed E-state index contributed by atoms with van der Waals surface area (Å²) in [5.41, 5.74) is 5.65. The minimum atomic E-state index is -0.170. The van der Waals surface area contributed by atoms with Gasteiger partial charge in [0.2, 0.25) is 5.91 Å². The standard InChI is InChI=1S/C15H32N2O.Na.H/c1-3-5-6-7-8-9-10-11-12-13-15(18)17-14(16)4-2;;/h14H,3-13,16H2,1-2H3,(H,17,18);;. The molecule has 3 nitrogen and oxygen atoms in total. The summed E-state index contributed by atoms with van der Waals surface area (Å²) in [5.74, 6) is 0.104. The van der Waals surface area contributed by atoms with E-state index in [2.05, 4.69) is 12.2 Å². The van der Waals surface area contributed by atoms with Crippen LogP contribution in [0.5, 0.6) is 0 Å². The van der Waals surface area contributed by atoms with Crippen molar-refractivity contribution >= 4 is 35.5 Å². The molecule has 0 aliphatic carbocycles. The quantitative estimate of drug-likeness (QED) is 0.328. The molecule has 1 atom stereocenters. The van der Waals surface area contributed by atoms with Gasteiger partial charge in [0.15, 0.2) is 0 Å². The molecule has 0 aromatic carbocycles. The van der Waals surface area contributed by atoms with Crippen LogP contribution in [0.25, 0.3) is 0 Å². The Morgan fingerprint density at radius 2 is 1.42 bits per heavy atom. The monoisotopic (exact) mass is 280 g/mol. The van der Waals surface area contributed by atoms with E-state index in [9.17, 15) is 4.79 Å². The molecule has 0 spiro atoms. The van der Waals surface area contributed by atoms with Gasteiger partial charge in [-0.05, 0) is 12.8 Å². The van der Waals surface area contributed by atoms with Crippen LogP contribution < -0.4 is 11.1 Å². The minimum absolute atomic E-state index is 0. The Balaban J connectivity index is 0. The van der Waals surface area contributed by atoms with E-state index in [1.54, 1.807) is 0 Å². The van der Waals surface area contributed by atoms with Crippen LogP contribution in [0.1, 0.15) is 84.5 Å². The molecule has 0 aliphatic rings. The Morgan fingerprint density at radius 1 is 0.947 bits per heavy atom. The summed E-state index contributed by atoms with van der Waals surface area (Å²) in [6.07, 6.45) is 12.8. The fourth-order valence-corrected chi connectivity index (χ4v) is 1.98. The third-order valence-electron chi connectivity index (χ3n) is 3.29. The maximum atomic E-state index is 11.4. The molecule has 4 heteroatoms. The van der Waals surface area contributed by atoms with E-state index in [1.807, 2.05) is 6.92 Å². The zero-order valence-corrected chi connectivity index (χ0v) is 12.3. The first kappa shape index (κ1) is 21.7. The van der Waals surface area contributed by atoms with E-state index in [-0.39, 0.29) is 41.6 Å². The first-order chi connectivity index (χ1) is 8.70. The van der Waals surface area contributed by atoms with Crippen LogP contribution in [0.4, 0.5) is 0 Å². The molecule has 0 aromatic heterocycles. The van der Waals surface area contributed by atoms with Gasteiger partial charge in [0.05, 0.1) is 6.17 Å². The first-order valence-electron chi connectivity index (χ1n) is 7.75. The number of hydrogen-bond donors (Lipinski definition) is 2. The third kappa shape index (κ3) is 16.4. The Labute approximate surface area is 141 Å². The molecule has 0 bridgehead atoms. The van der Waals surface area contributed by atoms with Crippen molar-refractivity contribution in [2.24, 2.45) is 5.73 Å². The van der Waals surface area contributed by atoms with Crippen molar-refractivity contribution in [1.29, 1.82) is 0 Å². The fraction of sp³-hybridized carbons (Fsp3) is 0.933. The molecular weight excluding hydrogens is 247 g/mol. The number of nitrogens with one attached hydrogen (secondary N) is 1. The van der Waals surface area contributed by atoms with Crippen LogP contribution in [0, 0.1) is 0 Å². The van der Waals surface area contributed by atoms with Gasteiger partial charge in [-0.3, -0.25) is 4.79 Å². The van der Waals surface area contributed by atoms with Gasteiger partial charge in [-0.1, -0.05) is 65.2 Å². The Hall–Kier alpha value is 0.430. The summed E-state index contributed by atoms with van der Waals surface area (Å²) >= 11 is 0. The normalized spacial score (nSPS) is 11.7. The zero-order valence-electron chi connectivity index (χ0n) is 12.3. The van der Waals surface area contributed by atoms with Gasteiger partial charge in [-0.15, -0.1) is 0 Å². The number of rotatable bonds is 12. The summed E-state index contributed by atoms with van der Waals surface area (Å²) in [6, 6.07) is 0. The molecule has 0 rings (SSSR count). The van der Waals surface area contributed by atoms with Gasteiger partial charge in [0, 0.05) is 6.42 Å². The Bertz CT molecular complexity index is 201. The molecule has 0 saturated heterocycles. The van der Waals surface area contributed by atoms with Gasteiger partial charge in [-0.2, -0.15) is 0 Å². The number of amides is 1. The molecule has 19 heavy (non-hydrogen) atoms. The van der Waals surface area contributed by atoms with Gasteiger partial charge < -0.3 is 11.1 Å². The fourth-order valence-electron chi connectivity index (χ4n) is 1.98. The molecular formula is C15H33N2NaO. The Kier molecular flexibility index (Phi) is 18.8. The molecule has 3 N–H and O–H groups in total. The van der Waals surface area contributed by atoms with E-state index in [0.29, 0.717) is 6.42 Å². The second-order valence-electron chi connectivity index (χ2n) is 5.16. The van der Waals surface area contributed by atoms with Crippen LogP contribution in [-0.4, -0.2) is 41.6 Å². The van der Waals surface area contributed by atoms with Crippen LogP contribution >= 0.6 is 0 Å². The predicted molar refractivity (Wildman–Crippen MR) is 85.4 cm³/mol. The average molecular weight is 280 g/mol. The van der Waals surface area contributed by atoms with E-state index in [4.69, 9.17) is 5.73 Å². The molecule has 0 aromatic rings. The van der Waals surface area contributed by atoms with E-state index in [1.165, 1.54) is 51.4 Å². The summed E-state index contributed by atoms with van der Waals surface area (Å²) in [4.78, 5) is 11.4. The topological polar surface area (TPSA) is 55.1 Å². The van der Waals surface area contributed by atoms with Gasteiger partial charge in [0.1, 0.15) is 0 Å². The van der Waals surface area contributed by atoms with Crippen LogP contribution in [0.2, 0.25) is 0 Å². The molecule has 0 fully saturated rings. The summed E-state index contributed by atoms with van der Waals surface area (Å²) < 4.78 is 0. The van der Waals surface area contributed by atoms with E-state index >= 15 is 0 Å².